The van der Waals surface area contributed by atoms with Gasteiger partial charge in [-0.05, 0) is 16.7 Å². The first kappa shape index (κ1) is 17.4. The average Bonchev–Trinajstić information content (AvgIpc) is 2.68. The second kappa shape index (κ2) is 9.16. The molecule has 0 aliphatic heterocycles. The van der Waals surface area contributed by atoms with Gasteiger partial charge in [-0.3, -0.25) is 4.90 Å². The van der Waals surface area contributed by atoms with Crippen molar-refractivity contribution in [3.05, 3.63) is 108 Å². The predicted octanol–water partition coefficient (Wildman–Crippen LogP) is 4.28. The maximum absolute atomic E-state index is 5.89. The zero-order chi connectivity index (χ0) is 17.3. The fourth-order valence-electron chi connectivity index (χ4n) is 3.29. The second-order valence-electron chi connectivity index (χ2n) is 6.38. The summed E-state index contributed by atoms with van der Waals surface area (Å²) in [4.78, 5) is 2.46. The first-order chi connectivity index (χ1) is 12.4. The molecule has 3 aromatic carbocycles. The second-order valence-corrected chi connectivity index (χ2v) is 6.38. The number of hydrogen-bond acceptors (Lipinski definition) is 2. The molecule has 3 rings (SSSR count). The minimum Gasteiger partial charge on any atom is -0.329 e. The molecule has 0 saturated carbocycles. The third kappa shape index (κ3) is 5.02. The molecule has 128 valence electrons. The van der Waals surface area contributed by atoms with E-state index in [4.69, 9.17) is 5.73 Å². The van der Waals surface area contributed by atoms with Gasteiger partial charge < -0.3 is 5.73 Å². The van der Waals surface area contributed by atoms with Crippen LogP contribution < -0.4 is 5.73 Å². The Bertz CT molecular complexity index is 686. The van der Waals surface area contributed by atoms with E-state index in [1.807, 2.05) is 0 Å². The van der Waals surface area contributed by atoms with Gasteiger partial charge in [0, 0.05) is 32.1 Å². The van der Waals surface area contributed by atoms with Crippen LogP contribution in [0, 0.1) is 0 Å². The first-order valence-electron chi connectivity index (χ1n) is 8.93. The highest BCUT2D eigenvalue weighted by Gasteiger charge is 2.18. The van der Waals surface area contributed by atoms with Crippen molar-refractivity contribution in [1.82, 2.24) is 4.90 Å². The van der Waals surface area contributed by atoms with Gasteiger partial charge in [0.15, 0.2) is 0 Å². The molecule has 0 radical (unpaired) electrons. The van der Waals surface area contributed by atoms with E-state index < -0.39 is 0 Å². The summed E-state index contributed by atoms with van der Waals surface area (Å²) in [5.74, 6) is 0.345. The third-order valence-electron chi connectivity index (χ3n) is 4.54. The summed E-state index contributed by atoms with van der Waals surface area (Å²) >= 11 is 0. The van der Waals surface area contributed by atoms with Crippen LogP contribution in [0.3, 0.4) is 0 Å². The van der Waals surface area contributed by atoms with E-state index in [0.29, 0.717) is 12.5 Å². The van der Waals surface area contributed by atoms with Crippen molar-refractivity contribution in [1.29, 1.82) is 0 Å². The van der Waals surface area contributed by atoms with E-state index in [-0.39, 0.29) is 0 Å². The van der Waals surface area contributed by atoms with Crippen molar-refractivity contribution in [3.63, 3.8) is 0 Å². The first-order valence-corrected chi connectivity index (χ1v) is 8.93. The summed E-state index contributed by atoms with van der Waals surface area (Å²) in [5.41, 5.74) is 9.93. The molecule has 0 saturated heterocycles. The summed E-state index contributed by atoms with van der Waals surface area (Å²) < 4.78 is 0. The van der Waals surface area contributed by atoms with Crippen LogP contribution in [-0.2, 0) is 6.54 Å². The quantitative estimate of drug-likeness (QED) is 0.668. The zero-order valence-corrected chi connectivity index (χ0v) is 14.6. The lowest BCUT2D eigenvalue weighted by atomic mass is 9.90. The maximum Gasteiger partial charge on any atom is 0.0234 e. The summed E-state index contributed by atoms with van der Waals surface area (Å²) in [7, 11) is 0. The van der Waals surface area contributed by atoms with Crippen LogP contribution in [0.4, 0.5) is 0 Å². The van der Waals surface area contributed by atoms with E-state index in [0.717, 1.165) is 19.6 Å². The van der Waals surface area contributed by atoms with Crippen molar-refractivity contribution in [2.75, 3.05) is 19.6 Å². The molecule has 0 atom stereocenters. The van der Waals surface area contributed by atoms with E-state index in [2.05, 4.69) is 95.9 Å². The maximum atomic E-state index is 5.89. The summed E-state index contributed by atoms with van der Waals surface area (Å²) in [6, 6.07) is 32.2. The number of hydrogen-bond donors (Lipinski definition) is 1. The normalized spacial score (nSPS) is 11.2. The zero-order valence-electron chi connectivity index (χ0n) is 14.6. The SMILES string of the molecule is NCCN(Cc1ccccc1)CC(c1ccccc1)c1ccccc1. The summed E-state index contributed by atoms with van der Waals surface area (Å²) in [6.45, 7) is 3.45. The molecule has 0 amide bonds. The summed E-state index contributed by atoms with van der Waals surface area (Å²) in [5, 5.41) is 0. The third-order valence-corrected chi connectivity index (χ3v) is 4.54. The van der Waals surface area contributed by atoms with Gasteiger partial charge in [0.25, 0.3) is 0 Å². The Morgan fingerprint density at radius 2 is 1.16 bits per heavy atom. The van der Waals surface area contributed by atoms with Gasteiger partial charge in [-0.2, -0.15) is 0 Å². The fourth-order valence-corrected chi connectivity index (χ4v) is 3.29. The van der Waals surface area contributed by atoms with E-state index in [1.54, 1.807) is 0 Å². The standard InChI is InChI=1S/C23H26N2/c24-16-17-25(18-20-10-4-1-5-11-20)19-23(21-12-6-2-7-13-21)22-14-8-3-9-15-22/h1-15,23H,16-19,24H2. The van der Waals surface area contributed by atoms with Crippen LogP contribution >= 0.6 is 0 Å². The Balaban J connectivity index is 1.84. The lowest BCUT2D eigenvalue weighted by Gasteiger charge is -2.28. The van der Waals surface area contributed by atoms with Crippen molar-refractivity contribution < 1.29 is 0 Å². The van der Waals surface area contributed by atoms with Gasteiger partial charge in [0.05, 0.1) is 0 Å². The van der Waals surface area contributed by atoms with E-state index in [9.17, 15) is 0 Å². The van der Waals surface area contributed by atoms with Crippen molar-refractivity contribution in [2.24, 2.45) is 5.73 Å². The topological polar surface area (TPSA) is 29.3 Å². The average molecular weight is 330 g/mol. The van der Waals surface area contributed by atoms with Crippen LogP contribution in [0.15, 0.2) is 91.0 Å². The Labute approximate surface area is 150 Å². The molecule has 0 heterocycles. The van der Waals surface area contributed by atoms with Gasteiger partial charge >= 0.3 is 0 Å². The smallest absolute Gasteiger partial charge is 0.0234 e. The largest absolute Gasteiger partial charge is 0.329 e. The molecule has 0 aliphatic rings. The van der Waals surface area contributed by atoms with Crippen molar-refractivity contribution in [3.8, 4) is 0 Å². The summed E-state index contributed by atoms with van der Waals surface area (Å²) in [6.07, 6.45) is 0. The number of benzene rings is 3. The monoisotopic (exact) mass is 330 g/mol. The molecular weight excluding hydrogens is 304 g/mol. The van der Waals surface area contributed by atoms with Crippen LogP contribution in [0.5, 0.6) is 0 Å². The van der Waals surface area contributed by atoms with Crippen molar-refractivity contribution in [2.45, 2.75) is 12.5 Å². The predicted molar refractivity (Wildman–Crippen MR) is 106 cm³/mol. The van der Waals surface area contributed by atoms with Gasteiger partial charge in [0.2, 0.25) is 0 Å². The fraction of sp³-hybridized carbons (Fsp3) is 0.217. The molecule has 0 fully saturated rings. The van der Waals surface area contributed by atoms with Crippen molar-refractivity contribution >= 4 is 0 Å². The molecular formula is C23H26N2. The molecule has 2 heteroatoms. The lowest BCUT2D eigenvalue weighted by Crippen LogP contribution is -2.33. The van der Waals surface area contributed by atoms with Crippen LogP contribution in [-0.4, -0.2) is 24.5 Å². The van der Waals surface area contributed by atoms with Crippen LogP contribution in [0.1, 0.15) is 22.6 Å². The minimum atomic E-state index is 0.345. The molecule has 0 bridgehead atoms. The molecule has 2 N–H and O–H groups in total. The molecule has 25 heavy (non-hydrogen) atoms. The molecule has 3 aromatic rings. The van der Waals surface area contributed by atoms with Gasteiger partial charge in [0.1, 0.15) is 0 Å². The molecule has 0 aromatic heterocycles. The highest BCUT2D eigenvalue weighted by Crippen LogP contribution is 2.26. The van der Waals surface area contributed by atoms with Gasteiger partial charge in [-0.25, -0.2) is 0 Å². The Morgan fingerprint density at radius 1 is 0.680 bits per heavy atom. The van der Waals surface area contributed by atoms with E-state index >= 15 is 0 Å². The minimum absolute atomic E-state index is 0.345. The Hall–Kier alpha value is -2.42. The molecule has 0 aliphatic carbocycles. The highest BCUT2D eigenvalue weighted by molar-refractivity contribution is 5.33. The number of nitrogens with zero attached hydrogens (tertiary/aromatic N) is 1. The van der Waals surface area contributed by atoms with Crippen LogP contribution in [0.2, 0.25) is 0 Å². The number of nitrogens with two attached hydrogens (primary N) is 1. The highest BCUT2D eigenvalue weighted by atomic mass is 15.1. The number of rotatable bonds is 8. The Kier molecular flexibility index (Phi) is 6.38. The van der Waals surface area contributed by atoms with Gasteiger partial charge in [-0.1, -0.05) is 91.0 Å². The lowest BCUT2D eigenvalue weighted by molar-refractivity contribution is 0.264. The Morgan fingerprint density at radius 3 is 1.64 bits per heavy atom. The molecule has 2 nitrogen and oxygen atoms in total. The van der Waals surface area contributed by atoms with Gasteiger partial charge in [-0.15, -0.1) is 0 Å². The van der Waals surface area contributed by atoms with E-state index in [1.165, 1.54) is 16.7 Å². The molecule has 0 unspecified atom stereocenters. The van der Waals surface area contributed by atoms with Crippen LogP contribution in [0.25, 0.3) is 0 Å². The molecule has 0 spiro atoms.